The Bertz CT molecular complexity index is 1310. The molecule has 0 bridgehead atoms. The second kappa shape index (κ2) is 8.84. The second-order valence-electron chi connectivity index (χ2n) is 6.99. The van der Waals surface area contributed by atoms with Gasteiger partial charge >= 0.3 is 0 Å². The quantitative estimate of drug-likeness (QED) is 0.338. The number of hydrogen-bond acceptors (Lipinski definition) is 8. The SMILES string of the molecule is Cn1c(C(=O)Nc2ccc(C#N)cc2-c2nn[nH]n2)cc2cccc(OC[C@H](O)CO)c21. The van der Waals surface area contributed by atoms with Crippen molar-refractivity contribution in [1.82, 2.24) is 25.2 Å². The van der Waals surface area contributed by atoms with Gasteiger partial charge in [0.15, 0.2) is 0 Å². The minimum atomic E-state index is -1.01. The summed E-state index contributed by atoms with van der Waals surface area (Å²) < 4.78 is 7.32. The number of amides is 1. The maximum absolute atomic E-state index is 13.1. The van der Waals surface area contributed by atoms with Gasteiger partial charge in [-0.25, -0.2) is 0 Å². The van der Waals surface area contributed by atoms with Crippen LogP contribution >= 0.6 is 0 Å². The largest absolute Gasteiger partial charge is 0.489 e. The molecule has 1 atom stereocenters. The first-order valence-corrected chi connectivity index (χ1v) is 9.61. The van der Waals surface area contributed by atoms with Crippen molar-refractivity contribution < 1.29 is 19.7 Å². The van der Waals surface area contributed by atoms with Crippen LogP contribution in [-0.2, 0) is 7.05 Å². The molecule has 0 aliphatic heterocycles. The molecule has 11 nitrogen and oxygen atoms in total. The predicted molar refractivity (Wildman–Crippen MR) is 114 cm³/mol. The third-order valence-electron chi connectivity index (χ3n) is 4.88. The fourth-order valence-corrected chi connectivity index (χ4v) is 3.32. The summed E-state index contributed by atoms with van der Waals surface area (Å²) in [5.74, 6) is 0.328. The van der Waals surface area contributed by atoms with Gasteiger partial charge in [0.05, 0.1) is 29.4 Å². The van der Waals surface area contributed by atoms with Gasteiger partial charge in [-0.15, -0.1) is 10.2 Å². The summed E-state index contributed by atoms with van der Waals surface area (Å²) in [4.78, 5) is 13.1. The molecule has 0 fully saturated rings. The third kappa shape index (κ3) is 4.00. The number of benzene rings is 2. The van der Waals surface area contributed by atoms with Crippen molar-refractivity contribution in [2.75, 3.05) is 18.5 Å². The van der Waals surface area contributed by atoms with Crippen molar-refractivity contribution in [3.63, 3.8) is 0 Å². The number of nitrogens with one attached hydrogen (secondary N) is 2. The van der Waals surface area contributed by atoms with E-state index in [4.69, 9.17) is 9.84 Å². The molecule has 2 aromatic carbocycles. The van der Waals surface area contributed by atoms with E-state index in [-0.39, 0.29) is 18.3 Å². The first-order chi connectivity index (χ1) is 15.5. The van der Waals surface area contributed by atoms with Crippen LogP contribution in [0.2, 0.25) is 0 Å². The summed E-state index contributed by atoms with van der Waals surface area (Å²) in [6, 6.07) is 13.9. The van der Waals surface area contributed by atoms with E-state index in [0.29, 0.717) is 33.8 Å². The Balaban J connectivity index is 1.67. The number of carbonyl (C=O) groups is 1. The molecule has 0 saturated heterocycles. The second-order valence-corrected chi connectivity index (χ2v) is 6.99. The van der Waals surface area contributed by atoms with Gasteiger partial charge in [-0.1, -0.05) is 12.1 Å². The van der Waals surface area contributed by atoms with Gasteiger partial charge in [-0.2, -0.15) is 10.5 Å². The number of aliphatic hydroxyl groups excluding tert-OH is 2. The van der Waals surface area contributed by atoms with Gasteiger partial charge in [0.1, 0.15) is 24.2 Å². The third-order valence-corrected chi connectivity index (χ3v) is 4.88. The predicted octanol–water partition coefficient (Wildman–Crippen LogP) is 1.21. The monoisotopic (exact) mass is 433 g/mol. The molecule has 2 heterocycles. The van der Waals surface area contributed by atoms with Crippen LogP contribution in [0.1, 0.15) is 16.1 Å². The standard InChI is InChI=1S/C21H19N7O4/c1-28-17(8-13-3-2-4-18(19(13)28)32-11-14(30)10-29)21(31)23-16-6-5-12(9-22)7-15(16)20-24-26-27-25-20/h2-8,14,29-30H,10-11H2,1H3,(H,23,31)(H,24,25,26,27)/t14-/m1/s1. The van der Waals surface area contributed by atoms with E-state index in [1.165, 1.54) is 0 Å². The minimum absolute atomic E-state index is 0.0817. The molecule has 1 amide bonds. The zero-order valence-corrected chi connectivity index (χ0v) is 17.0. The van der Waals surface area contributed by atoms with Crippen LogP contribution in [0.25, 0.3) is 22.3 Å². The normalized spacial score (nSPS) is 11.8. The highest BCUT2D eigenvalue weighted by Gasteiger charge is 2.19. The Morgan fingerprint density at radius 3 is 2.91 bits per heavy atom. The molecular formula is C21H19N7O4. The van der Waals surface area contributed by atoms with E-state index in [1.807, 2.05) is 12.1 Å². The number of aromatic amines is 1. The molecule has 0 saturated carbocycles. The van der Waals surface area contributed by atoms with Gasteiger partial charge in [-0.3, -0.25) is 4.79 Å². The number of ether oxygens (including phenoxy) is 1. The number of aliphatic hydroxyl groups is 2. The average Bonchev–Trinajstić information content (AvgIpc) is 3.46. The number of nitrogens with zero attached hydrogens (tertiary/aromatic N) is 5. The fourth-order valence-electron chi connectivity index (χ4n) is 3.32. The highest BCUT2D eigenvalue weighted by atomic mass is 16.5. The van der Waals surface area contributed by atoms with Crippen molar-refractivity contribution in [1.29, 1.82) is 5.26 Å². The Morgan fingerprint density at radius 1 is 1.34 bits per heavy atom. The van der Waals surface area contributed by atoms with Crippen LogP contribution in [0, 0.1) is 11.3 Å². The molecule has 0 radical (unpaired) electrons. The zero-order valence-electron chi connectivity index (χ0n) is 17.0. The molecular weight excluding hydrogens is 414 g/mol. The summed E-state index contributed by atoms with van der Waals surface area (Å²) in [7, 11) is 1.73. The van der Waals surface area contributed by atoms with Crippen molar-refractivity contribution in [3.8, 4) is 23.2 Å². The molecule has 162 valence electrons. The van der Waals surface area contributed by atoms with Crippen molar-refractivity contribution >= 4 is 22.5 Å². The Labute approximate surface area is 181 Å². The number of hydrogen-bond donors (Lipinski definition) is 4. The van der Waals surface area contributed by atoms with Crippen LogP contribution in [0.5, 0.6) is 5.75 Å². The van der Waals surface area contributed by atoms with E-state index in [2.05, 4.69) is 25.9 Å². The number of nitriles is 1. The Morgan fingerprint density at radius 2 is 2.19 bits per heavy atom. The van der Waals surface area contributed by atoms with Crippen LogP contribution in [0.3, 0.4) is 0 Å². The first kappa shape index (κ1) is 21.0. The fraction of sp³-hybridized carbons (Fsp3) is 0.190. The van der Waals surface area contributed by atoms with Gasteiger partial charge in [0.2, 0.25) is 5.82 Å². The van der Waals surface area contributed by atoms with Gasteiger partial charge in [0.25, 0.3) is 5.91 Å². The lowest BCUT2D eigenvalue weighted by Gasteiger charge is -2.13. The zero-order chi connectivity index (χ0) is 22.7. The maximum Gasteiger partial charge on any atom is 0.272 e. The molecule has 0 aliphatic carbocycles. The number of tetrazole rings is 1. The van der Waals surface area contributed by atoms with Gasteiger partial charge in [-0.05, 0) is 35.5 Å². The Kier molecular flexibility index (Phi) is 5.80. The smallest absolute Gasteiger partial charge is 0.272 e. The summed E-state index contributed by atoms with van der Waals surface area (Å²) in [5.41, 5.74) is 2.29. The van der Waals surface area contributed by atoms with Crippen LogP contribution in [0.4, 0.5) is 5.69 Å². The number of para-hydroxylation sites is 1. The number of aromatic nitrogens is 5. The molecule has 0 spiro atoms. The molecule has 0 aliphatic rings. The van der Waals surface area contributed by atoms with E-state index in [9.17, 15) is 15.2 Å². The van der Waals surface area contributed by atoms with E-state index in [1.54, 1.807) is 48.0 Å². The molecule has 0 unspecified atom stereocenters. The summed E-state index contributed by atoms with van der Waals surface area (Å²) >= 11 is 0. The molecule has 4 aromatic rings. The summed E-state index contributed by atoms with van der Waals surface area (Å²) in [6.45, 7) is -0.494. The van der Waals surface area contributed by atoms with E-state index >= 15 is 0 Å². The molecule has 2 aromatic heterocycles. The topological polar surface area (TPSA) is 162 Å². The highest BCUT2D eigenvalue weighted by Crippen LogP contribution is 2.30. The number of fused-ring (bicyclic) bond motifs is 1. The number of H-pyrrole nitrogens is 1. The number of carbonyl (C=O) groups excluding carboxylic acids is 1. The number of aryl methyl sites for hydroxylation is 1. The number of anilines is 1. The minimum Gasteiger partial charge on any atom is -0.489 e. The van der Waals surface area contributed by atoms with Crippen molar-refractivity contribution in [2.24, 2.45) is 7.05 Å². The molecule has 32 heavy (non-hydrogen) atoms. The van der Waals surface area contributed by atoms with Crippen molar-refractivity contribution in [3.05, 3.63) is 53.7 Å². The van der Waals surface area contributed by atoms with Crippen molar-refractivity contribution in [2.45, 2.75) is 6.10 Å². The molecule has 11 heteroatoms. The van der Waals surface area contributed by atoms with Crippen LogP contribution in [-0.4, -0.2) is 60.6 Å². The summed E-state index contributed by atoms with van der Waals surface area (Å²) in [6.07, 6.45) is -1.01. The highest BCUT2D eigenvalue weighted by molar-refractivity contribution is 6.08. The maximum atomic E-state index is 13.1. The summed E-state index contributed by atoms with van der Waals surface area (Å²) in [5, 5.41) is 45.2. The lowest BCUT2D eigenvalue weighted by atomic mass is 10.1. The average molecular weight is 433 g/mol. The van der Waals surface area contributed by atoms with E-state index in [0.717, 1.165) is 5.39 Å². The lowest BCUT2D eigenvalue weighted by molar-refractivity contribution is 0.0540. The van der Waals surface area contributed by atoms with E-state index < -0.39 is 12.7 Å². The molecule has 4 rings (SSSR count). The van der Waals surface area contributed by atoms with Gasteiger partial charge < -0.3 is 24.8 Å². The lowest BCUT2D eigenvalue weighted by Crippen LogP contribution is -2.21. The number of rotatable bonds is 7. The Hall–Kier alpha value is -4.27. The van der Waals surface area contributed by atoms with Crippen LogP contribution < -0.4 is 10.1 Å². The first-order valence-electron chi connectivity index (χ1n) is 9.61. The molecule has 4 N–H and O–H groups in total. The van der Waals surface area contributed by atoms with Gasteiger partial charge in [0, 0.05) is 18.0 Å². The van der Waals surface area contributed by atoms with Crippen LogP contribution in [0.15, 0.2) is 42.5 Å².